The summed E-state index contributed by atoms with van der Waals surface area (Å²) in [5.41, 5.74) is 4.24. The number of nitrogens with zero attached hydrogens (tertiary/aromatic N) is 5. The number of fused-ring (bicyclic) bond motifs is 1. The van der Waals surface area contributed by atoms with Gasteiger partial charge < -0.3 is 4.98 Å². The van der Waals surface area contributed by atoms with Gasteiger partial charge in [-0.15, -0.1) is 0 Å². The van der Waals surface area contributed by atoms with Crippen molar-refractivity contribution in [2.75, 3.05) is 0 Å². The van der Waals surface area contributed by atoms with E-state index in [4.69, 9.17) is 16.6 Å². The van der Waals surface area contributed by atoms with Crippen molar-refractivity contribution in [3.05, 3.63) is 124 Å². The molecule has 4 aromatic heterocycles. The summed E-state index contributed by atoms with van der Waals surface area (Å²) in [6.45, 7) is 0. The van der Waals surface area contributed by atoms with E-state index in [1.807, 2.05) is 67.0 Å². The Labute approximate surface area is 211 Å². The predicted molar refractivity (Wildman–Crippen MR) is 140 cm³/mol. The van der Waals surface area contributed by atoms with E-state index in [-0.39, 0.29) is 5.56 Å². The number of benzene rings is 2. The van der Waals surface area contributed by atoms with E-state index in [2.05, 4.69) is 19.9 Å². The third kappa shape index (κ3) is 4.16. The fourth-order valence-corrected chi connectivity index (χ4v) is 4.25. The summed E-state index contributed by atoms with van der Waals surface area (Å²) in [7, 11) is 0. The van der Waals surface area contributed by atoms with Gasteiger partial charge in [-0.05, 0) is 35.9 Å². The van der Waals surface area contributed by atoms with Crippen LogP contribution in [0.1, 0.15) is 11.3 Å². The maximum absolute atomic E-state index is 13.5. The first-order valence-corrected chi connectivity index (χ1v) is 11.7. The molecule has 0 fully saturated rings. The molecular weight excluding hydrogens is 472 g/mol. The Morgan fingerprint density at radius 3 is 2.44 bits per heavy atom. The number of hydrogen-bond acceptors (Lipinski definition) is 5. The lowest BCUT2D eigenvalue weighted by Gasteiger charge is -2.13. The number of aromatic nitrogens is 6. The minimum absolute atomic E-state index is 0.194. The van der Waals surface area contributed by atoms with Crippen LogP contribution in [0, 0.1) is 0 Å². The second-order valence-electron chi connectivity index (χ2n) is 8.30. The van der Waals surface area contributed by atoms with Gasteiger partial charge in [-0.2, -0.15) is 0 Å². The highest BCUT2D eigenvalue weighted by Crippen LogP contribution is 2.25. The number of H-pyrrole nitrogens is 1. The molecule has 0 radical (unpaired) electrons. The van der Waals surface area contributed by atoms with Gasteiger partial charge in [0.1, 0.15) is 17.5 Å². The molecule has 4 heterocycles. The molecule has 0 spiro atoms. The zero-order valence-corrected chi connectivity index (χ0v) is 19.7. The molecule has 0 saturated carbocycles. The van der Waals surface area contributed by atoms with E-state index in [1.165, 1.54) is 10.8 Å². The van der Waals surface area contributed by atoms with Gasteiger partial charge in [-0.25, -0.2) is 19.5 Å². The first kappa shape index (κ1) is 21.9. The summed E-state index contributed by atoms with van der Waals surface area (Å²) < 4.78 is 1.52. The van der Waals surface area contributed by atoms with Gasteiger partial charge in [0, 0.05) is 48.0 Å². The lowest BCUT2D eigenvalue weighted by molar-refractivity contribution is 0.932. The third-order valence-electron chi connectivity index (χ3n) is 5.88. The SMILES string of the molecule is O=c1c2ccccc2nc(-c2ccc(-c3ncc(Cc4cccnc4)[nH]3)cc2)n1-c1ccc(Cl)cn1. The highest BCUT2D eigenvalue weighted by Gasteiger charge is 2.16. The minimum Gasteiger partial charge on any atom is -0.342 e. The van der Waals surface area contributed by atoms with E-state index in [0.29, 0.717) is 27.6 Å². The number of nitrogens with one attached hydrogen (secondary N) is 1. The van der Waals surface area contributed by atoms with Crippen LogP contribution in [0.3, 0.4) is 0 Å². The zero-order chi connectivity index (χ0) is 24.5. The second-order valence-corrected chi connectivity index (χ2v) is 8.74. The van der Waals surface area contributed by atoms with Crippen molar-refractivity contribution in [2.24, 2.45) is 0 Å². The van der Waals surface area contributed by atoms with Crippen molar-refractivity contribution in [3.63, 3.8) is 0 Å². The third-order valence-corrected chi connectivity index (χ3v) is 6.10. The molecule has 6 rings (SSSR count). The van der Waals surface area contributed by atoms with E-state index in [0.717, 1.165) is 34.6 Å². The molecule has 0 amide bonds. The molecule has 0 aliphatic heterocycles. The summed E-state index contributed by atoms with van der Waals surface area (Å²) in [6.07, 6.45) is 7.69. The summed E-state index contributed by atoms with van der Waals surface area (Å²) in [5.74, 6) is 1.72. The Morgan fingerprint density at radius 1 is 0.833 bits per heavy atom. The van der Waals surface area contributed by atoms with Gasteiger partial charge in [0.15, 0.2) is 0 Å². The summed E-state index contributed by atoms with van der Waals surface area (Å²) in [5, 5.41) is 1.01. The number of halogens is 1. The molecule has 0 aliphatic carbocycles. The van der Waals surface area contributed by atoms with Crippen molar-refractivity contribution < 1.29 is 0 Å². The monoisotopic (exact) mass is 490 g/mol. The largest absolute Gasteiger partial charge is 0.342 e. The van der Waals surface area contributed by atoms with Crippen molar-refractivity contribution in [3.8, 4) is 28.6 Å². The van der Waals surface area contributed by atoms with Gasteiger partial charge in [-0.1, -0.05) is 54.1 Å². The Hall–Kier alpha value is -4.62. The molecule has 1 N–H and O–H groups in total. The van der Waals surface area contributed by atoms with Crippen LogP contribution in [0.2, 0.25) is 5.02 Å². The molecular formula is C28H19ClN6O. The van der Waals surface area contributed by atoms with Crippen molar-refractivity contribution >= 4 is 22.5 Å². The summed E-state index contributed by atoms with van der Waals surface area (Å²) in [4.78, 5) is 34.8. The van der Waals surface area contributed by atoms with Crippen LogP contribution >= 0.6 is 11.6 Å². The van der Waals surface area contributed by atoms with Gasteiger partial charge in [0.05, 0.1) is 15.9 Å². The highest BCUT2D eigenvalue weighted by atomic mass is 35.5. The maximum atomic E-state index is 13.5. The predicted octanol–water partition coefficient (Wildman–Crippen LogP) is 5.48. The van der Waals surface area contributed by atoms with E-state index in [1.54, 1.807) is 24.4 Å². The molecule has 8 heteroatoms. The van der Waals surface area contributed by atoms with Crippen LogP contribution in [-0.4, -0.2) is 29.5 Å². The maximum Gasteiger partial charge on any atom is 0.267 e. The number of imidazole rings is 1. The van der Waals surface area contributed by atoms with Gasteiger partial charge in [0.25, 0.3) is 5.56 Å². The topological polar surface area (TPSA) is 89.4 Å². The number of para-hydroxylation sites is 1. The normalized spacial score (nSPS) is 11.1. The standard InChI is InChI=1S/C28H19ClN6O/c29-21-11-12-25(31-16-21)35-27(34-24-6-2-1-5-23(24)28(35)36)20-9-7-19(8-10-20)26-32-17-22(33-26)14-18-4-3-13-30-15-18/h1-13,15-17H,14H2,(H,32,33). The quantitative estimate of drug-likeness (QED) is 0.346. The van der Waals surface area contributed by atoms with Gasteiger partial charge in [0.2, 0.25) is 0 Å². The molecule has 7 nitrogen and oxygen atoms in total. The highest BCUT2D eigenvalue weighted by molar-refractivity contribution is 6.30. The van der Waals surface area contributed by atoms with Crippen molar-refractivity contribution in [1.29, 1.82) is 0 Å². The first-order valence-electron chi connectivity index (χ1n) is 11.3. The molecule has 2 aromatic carbocycles. The van der Waals surface area contributed by atoms with E-state index < -0.39 is 0 Å². The average molecular weight is 491 g/mol. The Kier molecular flexibility index (Phi) is 5.59. The van der Waals surface area contributed by atoms with Crippen LogP contribution in [0.25, 0.3) is 39.5 Å². The lowest BCUT2D eigenvalue weighted by atomic mass is 10.1. The number of hydrogen-bond donors (Lipinski definition) is 1. The van der Waals surface area contributed by atoms with Crippen LogP contribution in [0.5, 0.6) is 0 Å². The second kappa shape index (κ2) is 9.20. The van der Waals surface area contributed by atoms with Crippen molar-refractivity contribution in [2.45, 2.75) is 6.42 Å². The molecule has 174 valence electrons. The lowest BCUT2D eigenvalue weighted by Crippen LogP contribution is -2.22. The fourth-order valence-electron chi connectivity index (χ4n) is 4.13. The number of aromatic amines is 1. The molecule has 6 aromatic rings. The van der Waals surface area contributed by atoms with Gasteiger partial charge >= 0.3 is 0 Å². The van der Waals surface area contributed by atoms with Crippen LogP contribution in [-0.2, 0) is 6.42 Å². The number of rotatable bonds is 5. The van der Waals surface area contributed by atoms with Crippen LogP contribution in [0.4, 0.5) is 0 Å². The first-order chi connectivity index (χ1) is 17.7. The molecule has 36 heavy (non-hydrogen) atoms. The smallest absolute Gasteiger partial charge is 0.267 e. The Morgan fingerprint density at radius 2 is 1.67 bits per heavy atom. The Bertz CT molecular complexity index is 1730. The molecule has 0 bridgehead atoms. The fraction of sp³-hybridized carbons (Fsp3) is 0.0357. The molecule has 0 unspecified atom stereocenters. The van der Waals surface area contributed by atoms with Crippen LogP contribution in [0.15, 0.2) is 102 Å². The zero-order valence-electron chi connectivity index (χ0n) is 19.0. The minimum atomic E-state index is -0.194. The van der Waals surface area contributed by atoms with Gasteiger partial charge in [-0.3, -0.25) is 9.78 Å². The number of pyridine rings is 2. The summed E-state index contributed by atoms with van der Waals surface area (Å²) >= 11 is 6.04. The van der Waals surface area contributed by atoms with Crippen molar-refractivity contribution in [1.82, 2.24) is 29.5 Å². The average Bonchev–Trinajstić information content (AvgIpc) is 3.38. The molecule has 0 saturated heterocycles. The Balaban J connectivity index is 1.39. The van der Waals surface area contributed by atoms with Crippen LogP contribution < -0.4 is 5.56 Å². The van der Waals surface area contributed by atoms with E-state index in [9.17, 15) is 4.79 Å². The van der Waals surface area contributed by atoms with E-state index >= 15 is 0 Å². The summed E-state index contributed by atoms with van der Waals surface area (Å²) in [6, 6.07) is 22.5. The molecule has 0 atom stereocenters. The molecule has 0 aliphatic rings.